The van der Waals surface area contributed by atoms with E-state index in [1.165, 1.54) is 11.1 Å². The molecule has 0 amide bonds. The summed E-state index contributed by atoms with van der Waals surface area (Å²) in [6, 6.07) is 6.89. The molecule has 0 bridgehead atoms. The first-order chi connectivity index (χ1) is 10.1. The average molecular weight is 322 g/mol. The molecule has 0 fully saturated rings. The highest BCUT2D eigenvalue weighted by Crippen LogP contribution is 2.30. The third-order valence-electron chi connectivity index (χ3n) is 3.01. The van der Waals surface area contributed by atoms with Crippen molar-refractivity contribution in [2.75, 3.05) is 7.11 Å². The molecule has 21 heavy (non-hydrogen) atoms. The Morgan fingerprint density at radius 2 is 2.19 bits per heavy atom. The van der Waals surface area contributed by atoms with E-state index in [1.807, 2.05) is 6.92 Å². The molecule has 1 N–H and O–H groups in total. The monoisotopic (exact) mass is 322 g/mol. The zero-order valence-electron chi connectivity index (χ0n) is 13.0. The van der Waals surface area contributed by atoms with Crippen molar-refractivity contribution in [2.45, 2.75) is 43.5 Å². The molecule has 3 nitrogen and oxygen atoms in total. The molecule has 1 aromatic carbocycles. The number of rotatable bonds is 7. The lowest BCUT2D eigenvalue weighted by atomic mass is 10.1. The predicted octanol–water partition coefficient (Wildman–Crippen LogP) is 4.25. The Balaban J connectivity index is 2.06. The van der Waals surface area contributed by atoms with Crippen LogP contribution in [0.15, 0.2) is 27.9 Å². The summed E-state index contributed by atoms with van der Waals surface area (Å²) in [5.41, 5.74) is 3.60. The number of ether oxygens (including phenoxy) is 1. The zero-order valence-corrected chi connectivity index (χ0v) is 14.6. The number of thiazole rings is 1. The van der Waals surface area contributed by atoms with Crippen molar-refractivity contribution in [3.8, 4) is 5.75 Å². The summed E-state index contributed by atoms with van der Waals surface area (Å²) >= 11 is 3.46. The van der Waals surface area contributed by atoms with Crippen LogP contribution < -0.4 is 10.1 Å². The maximum Gasteiger partial charge on any atom is 0.150 e. The van der Waals surface area contributed by atoms with Crippen LogP contribution in [-0.4, -0.2) is 18.1 Å². The van der Waals surface area contributed by atoms with Crippen molar-refractivity contribution in [2.24, 2.45) is 0 Å². The van der Waals surface area contributed by atoms with Gasteiger partial charge < -0.3 is 10.1 Å². The number of aryl methyl sites for hydroxylation is 1. The Kier molecular flexibility index (Phi) is 6.08. The Morgan fingerprint density at radius 3 is 2.81 bits per heavy atom. The molecular weight excluding hydrogens is 300 g/mol. The molecule has 0 saturated heterocycles. The van der Waals surface area contributed by atoms with Gasteiger partial charge in [0.1, 0.15) is 10.1 Å². The van der Waals surface area contributed by atoms with Gasteiger partial charge in [-0.25, -0.2) is 4.98 Å². The number of benzene rings is 1. The van der Waals surface area contributed by atoms with Crippen molar-refractivity contribution < 1.29 is 4.74 Å². The molecule has 0 spiro atoms. The highest BCUT2D eigenvalue weighted by Gasteiger charge is 2.07. The second-order valence-electron chi connectivity index (χ2n) is 5.23. The van der Waals surface area contributed by atoms with Gasteiger partial charge in [0, 0.05) is 35.0 Å². The summed E-state index contributed by atoms with van der Waals surface area (Å²) in [6.45, 7) is 7.23. The molecule has 0 aliphatic rings. The summed E-state index contributed by atoms with van der Waals surface area (Å²) in [7, 11) is 1.73. The number of thioether (sulfide) groups is 1. The minimum Gasteiger partial charge on any atom is -0.496 e. The Hall–Kier alpha value is -1.04. The van der Waals surface area contributed by atoms with Crippen LogP contribution in [0, 0.1) is 6.92 Å². The number of hydrogen-bond donors (Lipinski definition) is 1. The molecule has 0 saturated carbocycles. The quantitative estimate of drug-likeness (QED) is 0.773. The van der Waals surface area contributed by atoms with Gasteiger partial charge >= 0.3 is 0 Å². The highest BCUT2D eigenvalue weighted by molar-refractivity contribution is 8.00. The molecule has 2 aromatic rings. The van der Waals surface area contributed by atoms with Crippen LogP contribution >= 0.6 is 23.1 Å². The zero-order chi connectivity index (χ0) is 15.2. The maximum atomic E-state index is 5.47. The van der Waals surface area contributed by atoms with E-state index in [-0.39, 0.29) is 0 Å². The lowest BCUT2D eigenvalue weighted by molar-refractivity contribution is 0.411. The molecule has 0 atom stereocenters. The third kappa shape index (κ3) is 5.02. The number of aromatic nitrogens is 1. The topological polar surface area (TPSA) is 34.1 Å². The largest absolute Gasteiger partial charge is 0.496 e. The van der Waals surface area contributed by atoms with Gasteiger partial charge in [-0.1, -0.05) is 31.7 Å². The van der Waals surface area contributed by atoms with E-state index in [2.05, 4.69) is 47.7 Å². The van der Waals surface area contributed by atoms with Gasteiger partial charge in [-0.15, -0.1) is 11.3 Å². The summed E-state index contributed by atoms with van der Waals surface area (Å²) in [4.78, 5) is 4.49. The van der Waals surface area contributed by atoms with Gasteiger partial charge in [-0.2, -0.15) is 0 Å². The maximum absolute atomic E-state index is 5.47. The van der Waals surface area contributed by atoms with Crippen LogP contribution in [0.2, 0.25) is 0 Å². The number of nitrogens with zero attached hydrogens (tertiary/aromatic N) is 1. The second kappa shape index (κ2) is 7.82. The van der Waals surface area contributed by atoms with E-state index in [1.54, 1.807) is 30.2 Å². The fraction of sp³-hybridized carbons (Fsp3) is 0.438. The molecular formula is C16H22N2OS2. The lowest BCUT2D eigenvalue weighted by Crippen LogP contribution is -2.21. The van der Waals surface area contributed by atoms with Gasteiger partial charge in [0.25, 0.3) is 0 Å². The van der Waals surface area contributed by atoms with Gasteiger partial charge in [0.05, 0.1) is 7.11 Å². The minimum absolute atomic E-state index is 0.489. The minimum atomic E-state index is 0.489. The predicted molar refractivity (Wildman–Crippen MR) is 91.4 cm³/mol. The first-order valence-electron chi connectivity index (χ1n) is 7.02. The first kappa shape index (κ1) is 16.3. The molecule has 1 heterocycles. The fourth-order valence-electron chi connectivity index (χ4n) is 1.91. The van der Waals surface area contributed by atoms with Gasteiger partial charge in [-0.3, -0.25) is 0 Å². The van der Waals surface area contributed by atoms with Crippen molar-refractivity contribution >= 4 is 23.1 Å². The Bertz CT molecular complexity index is 581. The normalized spacial score (nSPS) is 11.1. The molecule has 5 heteroatoms. The second-order valence-corrected chi connectivity index (χ2v) is 7.31. The lowest BCUT2D eigenvalue weighted by Gasteiger charge is -2.12. The molecule has 0 aliphatic heterocycles. The van der Waals surface area contributed by atoms with Crippen LogP contribution in [0.3, 0.4) is 0 Å². The van der Waals surface area contributed by atoms with E-state index >= 15 is 0 Å². The molecule has 0 unspecified atom stereocenters. The number of methoxy groups -OCH3 is 1. The number of nitrogens with one attached hydrogen (secondary N) is 1. The summed E-state index contributed by atoms with van der Waals surface area (Å²) in [6.07, 6.45) is 0. The van der Waals surface area contributed by atoms with Crippen molar-refractivity contribution in [3.63, 3.8) is 0 Å². The van der Waals surface area contributed by atoms with E-state index < -0.39 is 0 Å². The molecule has 114 valence electrons. The SMILES string of the molecule is COc1ccc(CNC(C)C)cc1CSc1nc(C)cs1. The molecule has 1 aromatic heterocycles. The van der Waals surface area contributed by atoms with Crippen LogP contribution in [0.1, 0.15) is 30.7 Å². The molecule has 0 aliphatic carbocycles. The summed E-state index contributed by atoms with van der Waals surface area (Å²) in [5.74, 6) is 1.83. The smallest absolute Gasteiger partial charge is 0.150 e. The van der Waals surface area contributed by atoms with Gasteiger partial charge in [-0.05, 0) is 24.6 Å². The van der Waals surface area contributed by atoms with E-state index in [0.717, 1.165) is 28.1 Å². The van der Waals surface area contributed by atoms with Crippen LogP contribution in [0.4, 0.5) is 0 Å². The van der Waals surface area contributed by atoms with Crippen molar-refractivity contribution in [1.29, 1.82) is 0 Å². The van der Waals surface area contributed by atoms with Crippen molar-refractivity contribution in [1.82, 2.24) is 10.3 Å². The number of hydrogen-bond acceptors (Lipinski definition) is 5. The Labute approximate surface area is 135 Å². The van der Waals surface area contributed by atoms with Crippen molar-refractivity contribution in [3.05, 3.63) is 40.4 Å². The first-order valence-corrected chi connectivity index (χ1v) is 8.89. The van der Waals surface area contributed by atoms with Gasteiger partial charge in [0.2, 0.25) is 0 Å². The van der Waals surface area contributed by atoms with Crippen LogP contribution in [0.5, 0.6) is 5.75 Å². The molecule has 0 radical (unpaired) electrons. The summed E-state index contributed by atoms with van der Waals surface area (Å²) < 4.78 is 6.58. The molecule has 2 rings (SSSR count). The van der Waals surface area contributed by atoms with E-state index in [4.69, 9.17) is 4.74 Å². The highest BCUT2D eigenvalue weighted by atomic mass is 32.2. The summed E-state index contributed by atoms with van der Waals surface area (Å²) in [5, 5.41) is 5.53. The fourth-order valence-corrected chi connectivity index (χ4v) is 3.74. The average Bonchev–Trinajstić information content (AvgIpc) is 2.88. The van der Waals surface area contributed by atoms with E-state index in [0.29, 0.717) is 6.04 Å². The van der Waals surface area contributed by atoms with Gasteiger partial charge in [0.15, 0.2) is 0 Å². The van der Waals surface area contributed by atoms with Crippen LogP contribution in [-0.2, 0) is 12.3 Å². The third-order valence-corrected chi connectivity index (χ3v) is 5.20. The Morgan fingerprint density at radius 1 is 1.38 bits per heavy atom. The van der Waals surface area contributed by atoms with Crippen LogP contribution in [0.25, 0.3) is 0 Å². The standard InChI is InChI=1S/C16H22N2OS2/c1-11(2)17-8-13-5-6-15(19-4)14(7-13)10-21-16-18-12(3)9-20-16/h5-7,9,11,17H,8,10H2,1-4H3. The van der Waals surface area contributed by atoms with E-state index in [9.17, 15) is 0 Å².